The van der Waals surface area contributed by atoms with Gasteiger partial charge in [0.25, 0.3) is 0 Å². The maximum Gasteiger partial charge on any atom is 0.244 e. The van der Waals surface area contributed by atoms with Gasteiger partial charge in [-0.25, -0.2) is 0 Å². The van der Waals surface area contributed by atoms with Gasteiger partial charge in [0.15, 0.2) is 0 Å². The van der Waals surface area contributed by atoms with E-state index in [2.05, 4.69) is 6.92 Å². The molecule has 4 heteroatoms. The Bertz CT molecular complexity index is 479. The number of likely N-dealkylation sites (tertiary alicyclic amines) is 1. The van der Waals surface area contributed by atoms with Crippen LogP contribution >= 0.6 is 23.2 Å². The molecule has 2 rings (SSSR count). The van der Waals surface area contributed by atoms with Crippen molar-refractivity contribution in [1.82, 2.24) is 4.90 Å². The molecule has 0 aromatic heterocycles. The number of benzene rings is 1. The summed E-state index contributed by atoms with van der Waals surface area (Å²) in [6.45, 7) is 3.46. The fourth-order valence-corrected chi connectivity index (χ4v) is 4.00. The van der Waals surface area contributed by atoms with Gasteiger partial charge >= 0.3 is 0 Å². The largest absolute Gasteiger partial charge is 0.336 e. The Kier molecular flexibility index (Phi) is 6.58. The third kappa shape index (κ3) is 3.97. The molecule has 1 amide bonds. The highest BCUT2D eigenvalue weighted by Crippen LogP contribution is 2.40. The number of alkyl halides is 2. The van der Waals surface area contributed by atoms with Crippen LogP contribution in [0.4, 0.5) is 0 Å². The first-order chi connectivity index (χ1) is 10.6. The van der Waals surface area contributed by atoms with Crippen LogP contribution in [0.3, 0.4) is 0 Å². The molecule has 2 atom stereocenters. The molecular weight excluding hydrogens is 317 g/mol. The zero-order valence-corrected chi connectivity index (χ0v) is 14.7. The minimum Gasteiger partial charge on any atom is -0.336 e. The van der Waals surface area contributed by atoms with Crippen molar-refractivity contribution in [2.24, 2.45) is 5.92 Å². The van der Waals surface area contributed by atoms with E-state index in [1.54, 1.807) is 0 Å². The summed E-state index contributed by atoms with van der Waals surface area (Å²) in [5, 5.41) is 0. The van der Waals surface area contributed by atoms with Crippen LogP contribution < -0.4 is 0 Å². The van der Waals surface area contributed by atoms with Crippen LogP contribution in [0.5, 0.6) is 0 Å². The van der Waals surface area contributed by atoms with Gasteiger partial charge in [-0.2, -0.15) is 0 Å². The lowest BCUT2D eigenvalue weighted by Crippen LogP contribution is -2.38. The Morgan fingerprint density at radius 2 is 1.95 bits per heavy atom. The average Bonchev–Trinajstić information content (AvgIpc) is 2.77. The number of carbonyl (C=O) groups excluding carboxylic acids is 1. The minimum atomic E-state index is -0.801. The van der Waals surface area contributed by atoms with Gasteiger partial charge in [0.05, 0.1) is 0 Å². The van der Waals surface area contributed by atoms with Gasteiger partial charge in [-0.05, 0) is 12.0 Å². The Hall–Kier alpha value is -0.730. The molecule has 0 spiro atoms. The van der Waals surface area contributed by atoms with Crippen molar-refractivity contribution in [2.75, 3.05) is 12.4 Å². The van der Waals surface area contributed by atoms with Crippen LogP contribution in [0.1, 0.15) is 44.6 Å². The van der Waals surface area contributed by atoms with Crippen molar-refractivity contribution in [3.63, 3.8) is 0 Å². The van der Waals surface area contributed by atoms with E-state index in [9.17, 15) is 4.79 Å². The predicted molar refractivity (Wildman–Crippen MR) is 93.4 cm³/mol. The summed E-state index contributed by atoms with van der Waals surface area (Å²) in [7, 11) is 0. The van der Waals surface area contributed by atoms with E-state index in [0.29, 0.717) is 19.0 Å². The van der Waals surface area contributed by atoms with Gasteiger partial charge in [-0.15, -0.1) is 23.2 Å². The minimum absolute atomic E-state index is 0.0358. The standard InChI is InChI=1S/C18H25Cl2NO/c1-2-3-4-8-11-18(20)16(12-19)14-21(17(18)22)13-15-9-6-5-7-10-15/h5-7,9-10,16H,2-4,8,11-14H2,1H3/t16-,18+/m0/s1. The molecule has 0 bridgehead atoms. The summed E-state index contributed by atoms with van der Waals surface area (Å²) in [4.78, 5) is 13.9. The molecule has 1 aliphatic rings. The molecule has 1 aliphatic heterocycles. The molecule has 0 N–H and O–H groups in total. The van der Waals surface area contributed by atoms with Crippen LogP contribution in [-0.4, -0.2) is 28.1 Å². The van der Waals surface area contributed by atoms with Crippen molar-refractivity contribution >= 4 is 29.1 Å². The average molecular weight is 342 g/mol. The van der Waals surface area contributed by atoms with E-state index >= 15 is 0 Å². The van der Waals surface area contributed by atoms with Crippen molar-refractivity contribution < 1.29 is 4.79 Å². The zero-order valence-electron chi connectivity index (χ0n) is 13.2. The Labute approximate surface area is 143 Å². The van der Waals surface area contributed by atoms with E-state index in [1.807, 2.05) is 35.2 Å². The number of carbonyl (C=O) groups is 1. The highest BCUT2D eigenvalue weighted by atomic mass is 35.5. The maximum absolute atomic E-state index is 12.8. The second-order valence-corrected chi connectivity index (χ2v) is 7.18. The monoisotopic (exact) mass is 341 g/mol. The van der Waals surface area contributed by atoms with Gasteiger partial charge in [-0.3, -0.25) is 4.79 Å². The van der Waals surface area contributed by atoms with E-state index in [-0.39, 0.29) is 11.8 Å². The first-order valence-electron chi connectivity index (χ1n) is 8.20. The van der Waals surface area contributed by atoms with Crippen LogP contribution in [0.15, 0.2) is 30.3 Å². The van der Waals surface area contributed by atoms with E-state index in [1.165, 1.54) is 12.8 Å². The summed E-state index contributed by atoms with van der Waals surface area (Å²) in [6, 6.07) is 10.1. The first kappa shape index (κ1) is 17.6. The lowest BCUT2D eigenvalue weighted by Gasteiger charge is -2.25. The number of amides is 1. The predicted octanol–water partition coefficient (Wildman–Crippen LogP) is 4.83. The van der Waals surface area contributed by atoms with E-state index in [4.69, 9.17) is 23.2 Å². The van der Waals surface area contributed by atoms with Gasteiger partial charge in [0, 0.05) is 24.9 Å². The van der Waals surface area contributed by atoms with Gasteiger partial charge < -0.3 is 4.90 Å². The summed E-state index contributed by atoms with van der Waals surface area (Å²) in [5.74, 6) is 0.530. The van der Waals surface area contributed by atoms with Crippen molar-refractivity contribution in [3.05, 3.63) is 35.9 Å². The highest BCUT2D eigenvalue weighted by Gasteiger charge is 2.51. The molecule has 1 fully saturated rings. The van der Waals surface area contributed by atoms with Crippen molar-refractivity contribution in [3.8, 4) is 0 Å². The maximum atomic E-state index is 12.8. The zero-order chi connectivity index (χ0) is 16.0. The molecular formula is C18H25Cl2NO. The number of nitrogens with zero attached hydrogens (tertiary/aromatic N) is 1. The topological polar surface area (TPSA) is 20.3 Å². The second kappa shape index (κ2) is 8.21. The number of unbranched alkanes of at least 4 members (excludes halogenated alkanes) is 3. The highest BCUT2D eigenvalue weighted by molar-refractivity contribution is 6.36. The number of hydrogen-bond donors (Lipinski definition) is 0. The molecule has 1 heterocycles. The third-order valence-electron chi connectivity index (χ3n) is 4.53. The summed E-state index contributed by atoms with van der Waals surface area (Å²) in [5.41, 5.74) is 1.14. The molecule has 122 valence electrons. The second-order valence-electron chi connectivity index (χ2n) is 6.20. The van der Waals surface area contributed by atoms with Crippen molar-refractivity contribution in [1.29, 1.82) is 0 Å². The Balaban J connectivity index is 2.02. The number of halogens is 2. The molecule has 1 aromatic rings. The third-order valence-corrected chi connectivity index (χ3v) is 5.56. The summed E-state index contributed by atoms with van der Waals surface area (Å²) in [6.07, 6.45) is 5.24. The van der Waals surface area contributed by atoms with E-state index in [0.717, 1.165) is 24.8 Å². The fraction of sp³-hybridized carbons (Fsp3) is 0.611. The van der Waals surface area contributed by atoms with Crippen LogP contribution in [0.2, 0.25) is 0 Å². The van der Waals surface area contributed by atoms with Crippen LogP contribution in [0, 0.1) is 5.92 Å². The molecule has 0 unspecified atom stereocenters. The number of hydrogen-bond acceptors (Lipinski definition) is 1. The normalized spacial score (nSPS) is 25.0. The van der Waals surface area contributed by atoms with E-state index < -0.39 is 4.87 Å². The summed E-state index contributed by atoms with van der Waals surface area (Å²) >= 11 is 12.9. The molecule has 0 saturated carbocycles. The van der Waals surface area contributed by atoms with Gasteiger partial charge in [-0.1, -0.05) is 62.9 Å². The summed E-state index contributed by atoms with van der Waals surface area (Å²) < 4.78 is 0. The molecule has 1 aromatic carbocycles. The smallest absolute Gasteiger partial charge is 0.244 e. The Morgan fingerprint density at radius 3 is 2.59 bits per heavy atom. The molecule has 2 nitrogen and oxygen atoms in total. The Morgan fingerprint density at radius 1 is 1.23 bits per heavy atom. The van der Waals surface area contributed by atoms with Gasteiger partial charge in [0.1, 0.15) is 4.87 Å². The lowest BCUT2D eigenvalue weighted by molar-refractivity contribution is -0.130. The van der Waals surface area contributed by atoms with Crippen LogP contribution in [0.25, 0.3) is 0 Å². The quantitative estimate of drug-likeness (QED) is 0.489. The number of rotatable bonds is 8. The molecule has 0 radical (unpaired) electrons. The van der Waals surface area contributed by atoms with Crippen molar-refractivity contribution in [2.45, 2.75) is 50.4 Å². The first-order valence-corrected chi connectivity index (χ1v) is 9.11. The molecule has 1 saturated heterocycles. The SMILES string of the molecule is CCCCCC[C@]1(Cl)C(=O)N(Cc2ccccc2)C[C@@H]1CCl. The lowest BCUT2D eigenvalue weighted by atomic mass is 9.90. The fourth-order valence-electron chi connectivity index (χ4n) is 3.16. The van der Waals surface area contributed by atoms with Crippen LogP contribution in [-0.2, 0) is 11.3 Å². The van der Waals surface area contributed by atoms with Gasteiger partial charge in [0.2, 0.25) is 5.91 Å². The molecule has 0 aliphatic carbocycles. The molecule has 22 heavy (non-hydrogen) atoms.